The predicted octanol–water partition coefficient (Wildman–Crippen LogP) is 2.12. The van der Waals surface area contributed by atoms with Crippen LogP contribution in [0, 0.1) is 6.92 Å². The Morgan fingerprint density at radius 3 is 2.88 bits per heavy atom. The summed E-state index contributed by atoms with van der Waals surface area (Å²) in [5.74, 6) is 0.753. The number of guanidine groups is 1. The molecule has 1 saturated heterocycles. The number of nitrogens with one attached hydrogen (secondary N) is 3. The van der Waals surface area contributed by atoms with Crippen molar-refractivity contribution in [3.63, 3.8) is 0 Å². The number of ether oxygens (including phenoxy) is 1. The summed E-state index contributed by atoms with van der Waals surface area (Å²) in [6, 6.07) is 6.50. The van der Waals surface area contributed by atoms with Gasteiger partial charge in [0.1, 0.15) is 0 Å². The molecule has 1 aromatic carbocycles. The number of rotatable bonds is 6. The number of aromatic amines is 1. The van der Waals surface area contributed by atoms with E-state index < -0.39 is 5.60 Å². The highest BCUT2D eigenvalue weighted by atomic mass is 16.5. The first-order valence-electron chi connectivity index (χ1n) is 9.48. The van der Waals surface area contributed by atoms with Crippen molar-refractivity contribution in [2.24, 2.45) is 4.99 Å². The number of aliphatic hydroxyl groups is 1. The van der Waals surface area contributed by atoms with E-state index in [0.717, 1.165) is 25.5 Å². The molecule has 1 aromatic heterocycles. The molecule has 0 saturated carbocycles. The van der Waals surface area contributed by atoms with Crippen LogP contribution in [0.4, 0.5) is 0 Å². The molecule has 6 heteroatoms. The summed E-state index contributed by atoms with van der Waals surface area (Å²) < 4.78 is 5.33. The highest BCUT2D eigenvalue weighted by Gasteiger charge is 2.29. The van der Waals surface area contributed by atoms with E-state index in [1.807, 2.05) is 6.92 Å². The molecule has 0 atom stereocenters. The molecule has 1 aliphatic heterocycles. The summed E-state index contributed by atoms with van der Waals surface area (Å²) >= 11 is 0. The Morgan fingerprint density at radius 2 is 2.12 bits per heavy atom. The highest BCUT2D eigenvalue weighted by molar-refractivity contribution is 5.84. The zero-order valence-corrected chi connectivity index (χ0v) is 15.8. The number of hydrogen-bond donors (Lipinski definition) is 4. The molecule has 0 radical (unpaired) electrons. The van der Waals surface area contributed by atoms with Crippen LogP contribution < -0.4 is 10.6 Å². The second kappa shape index (κ2) is 8.56. The second-order valence-corrected chi connectivity index (χ2v) is 7.07. The van der Waals surface area contributed by atoms with Gasteiger partial charge in [0.2, 0.25) is 0 Å². The molecular weight excluding hydrogens is 328 g/mol. The van der Waals surface area contributed by atoms with E-state index in [9.17, 15) is 5.11 Å². The number of nitrogens with zero attached hydrogens (tertiary/aromatic N) is 1. The lowest BCUT2D eigenvalue weighted by molar-refractivity contribution is -0.0565. The molecule has 0 unspecified atom stereocenters. The second-order valence-electron chi connectivity index (χ2n) is 7.07. The number of hydrogen-bond acceptors (Lipinski definition) is 3. The average molecular weight is 358 g/mol. The normalized spacial score (nSPS) is 17.4. The van der Waals surface area contributed by atoms with Gasteiger partial charge < -0.3 is 25.5 Å². The maximum atomic E-state index is 10.6. The van der Waals surface area contributed by atoms with Crippen LogP contribution in [0.2, 0.25) is 0 Å². The Bertz CT molecular complexity index is 747. The number of aliphatic imine (C=N–C) groups is 1. The van der Waals surface area contributed by atoms with Crippen molar-refractivity contribution in [1.29, 1.82) is 0 Å². The maximum absolute atomic E-state index is 10.6. The van der Waals surface area contributed by atoms with Gasteiger partial charge >= 0.3 is 0 Å². The van der Waals surface area contributed by atoms with Crippen molar-refractivity contribution in [3.05, 3.63) is 35.5 Å². The Kier molecular flexibility index (Phi) is 6.16. The van der Waals surface area contributed by atoms with Crippen LogP contribution in [0.3, 0.4) is 0 Å². The smallest absolute Gasteiger partial charge is 0.191 e. The standard InChI is InChI=1S/C20H30N4O2/c1-3-21-19(24-14-20(25)7-10-26-11-8-20)22-9-6-16-13-23-18-12-15(2)4-5-17(16)18/h4-5,12-13,23,25H,3,6-11,14H2,1-2H3,(H2,21,22,24). The minimum absolute atomic E-state index is 0.401. The van der Waals surface area contributed by atoms with Crippen LogP contribution in [0.5, 0.6) is 0 Å². The maximum Gasteiger partial charge on any atom is 0.191 e. The Hall–Kier alpha value is -2.05. The van der Waals surface area contributed by atoms with E-state index in [1.165, 1.54) is 22.0 Å². The quantitative estimate of drug-likeness (QED) is 0.471. The SMILES string of the molecule is CCNC(=NCC1(O)CCOCC1)NCCc1c[nH]c2cc(C)ccc12. The molecule has 1 aliphatic rings. The summed E-state index contributed by atoms with van der Waals surface area (Å²) in [7, 11) is 0. The number of aryl methyl sites for hydroxylation is 1. The predicted molar refractivity (Wildman–Crippen MR) is 106 cm³/mol. The first-order chi connectivity index (χ1) is 12.6. The molecule has 142 valence electrons. The third-order valence-corrected chi connectivity index (χ3v) is 4.91. The van der Waals surface area contributed by atoms with Crippen LogP contribution in [-0.2, 0) is 11.2 Å². The van der Waals surface area contributed by atoms with E-state index >= 15 is 0 Å². The van der Waals surface area contributed by atoms with E-state index in [0.29, 0.717) is 32.6 Å². The van der Waals surface area contributed by atoms with E-state index in [4.69, 9.17) is 4.74 Å². The van der Waals surface area contributed by atoms with Crippen molar-refractivity contribution in [3.8, 4) is 0 Å². The van der Waals surface area contributed by atoms with Gasteiger partial charge in [-0.1, -0.05) is 12.1 Å². The van der Waals surface area contributed by atoms with Gasteiger partial charge in [0.25, 0.3) is 0 Å². The number of benzene rings is 1. The highest BCUT2D eigenvalue weighted by Crippen LogP contribution is 2.21. The zero-order chi connectivity index (χ0) is 18.4. The molecule has 0 amide bonds. The molecule has 1 fully saturated rings. The van der Waals surface area contributed by atoms with Gasteiger partial charge in [-0.05, 0) is 37.5 Å². The van der Waals surface area contributed by atoms with Gasteiger partial charge in [0.15, 0.2) is 5.96 Å². The molecule has 0 bridgehead atoms. The number of aromatic nitrogens is 1. The van der Waals surface area contributed by atoms with Crippen molar-refractivity contribution < 1.29 is 9.84 Å². The molecule has 26 heavy (non-hydrogen) atoms. The molecular formula is C20H30N4O2. The summed E-state index contributed by atoms with van der Waals surface area (Å²) in [4.78, 5) is 7.93. The monoisotopic (exact) mass is 358 g/mol. The van der Waals surface area contributed by atoms with E-state index in [-0.39, 0.29) is 0 Å². The average Bonchev–Trinajstić information content (AvgIpc) is 3.02. The van der Waals surface area contributed by atoms with Gasteiger partial charge in [-0.3, -0.25) is 4.99 Å². The van der Waals surface area contributed by atoms with Crippen molar-refractivity contribution >= 4 is 16.9 Å². The zero-order valence-electron chi connectivity index (χ0n) is 15.8. The van der Waals surface area contributed by atoms with Crippen molar-refractivity contribution in [2.45, 2.75) is 38.7 Å². The van der Waals surface area contributed by atoms with Crippen LogP contribution >= 0.6 is 0 Å². The molecule has 4 N–H and O–H groups in total. The third-order valence-electron chi connectivity index (χ3n) is 4.91. The van der Waals surface area contributed by atoms with Crippen LogP contribution in [0.25, 0.3) is 10.9 Å². The lowest BCUT2D eigenvalue weighted by Gasteiger charge is -2.30. The van der Waals surface area contributed by atoms with Crippen LogP contribution in [-0.4, -0.2) is 54.5 Å². The van der Waals surface area contributed by atoms with E-state index in [2.05, 4.69) is 51.9 Å². The Labute approximate surface area is 155 Å². The topological polar surface area (TPSA) is 81.7 Å². The summed E-state index contributed by atoms with van der Waals surface area (Å²) in [5, 5.41) is 18.5. The molecule has 2 heterocycles. The van der Waals surface area contributed by atoms with Gasteiger partial charge in [-0.15, -0.1) is 0 Å². The van der Waals surface area contributed by atoms with Crippen LogP contribution in [0.15, 0.2) is 29.4 Å². The number of fused-ring (bicyclic) bond motifs is 1. The van der Waals surface area contributed by atoms with Crippen molar-refractivity contribution in [2.75, 3.05) is 32.8 Å². The van der Waals surface area contributed by atoms with Crippen LogP contribution in [0.1, 0.15) is 30.9 Å². The fourth-order valence-electron chi connectivity index (χ4n) is 3.30. The lowest BCUT2D eigenvalue weighted by atomic mass is 9.95. The minimum Gasteiger partial charge on any atom is -0.388 e. The fourth-order valence-corrected chi connectivity index (χ4v) is 3.30. The minimum atomic E-state index is -0.741. The largest absolute Gasteiger partial charge is 0.388 e. The summed E-state index contributed by atoms with van der Waals surface area (Å²) in [6.45, 7) is 7.34. The Balaban J connectivity index is 1.56. The lowest BCUT2D eigenvalue weighted by Crippen LogP contribution is -2.43. The third kappa shape index (κ3) is 4.77. The number of H-pyrrole nitrogens is 1. The first kappa shape index (κ1) is 18.7. The molecule has 0 spiro atoms. The van der Waals surface area contributed by atoms with Gasteiger partial charge in [-0.25, -0.2) is 0 Å². The molecule has 0 aliphatic carbocycles. The first-order valence-corrected chi connectivity index (χ1v) is 9.48. The molecule has 6 nitrogen and oxygen atoms in total. The Morgan fingerprint density at radius 1 is 1.31 bits per heavy atom. The van der Waals surface area contributed by atoms with Gasteiger partial charge in [0.05, 0.1) is 12.1 Å². The molecule has 3 rings (SSSR count). The van der Waals surface area contributed by atoms with Gasteiger partial charge in [0, 0.05) is 56.2 Å². The summed E-state index contributed by atoms with van der Waals surface area (Å²) in [5.41, 5.74) is 3.00. The summed E-state index contributed by atoms with van der Waals surface area (Å²) in [6.07, 6.45) is 4.28. The van der Waals surface area contributed by atoms with E-state index in [1.54, 1.807) is 0 Å². The van der Waals surface area contributed by atoms with Crippen molar-refractivity contribution in [1.82, 2.24) is 15.6 Å². The van der Waals surface area contributed by atoms with Gasteiger partial charge in [-0.2, -0.15) is 0 Å². The fraction of sp³-hybridized carbons (Fsp3) is 0.550. The molecule has 2 aromatic rings.